The smallest absolute Gasteiger partial charge is 0.264 e. The highest BCUT2D eigenvalue weighted by atomic mass is 32.2. The summed E-state index contributed by atoms with van der Waals surface area (Å²) in [7, 11) is -3.60. The second-order valence-corrected chi connectivity index (χ2v) is 7.89. The molecule has 6 heteroatoms. The quantitative estimate of drug-likeness (QED) is 0.905. The van der Waals surface area contributed by atoms with Crippen molar-refractivity contribution in [1.82, 2.24) is 0 Å². The molecule has 0 heterocycles. The highest BCUT2D eigenvalue weighted by Crippen LogP contribution is 2.37. The van der Waals surface area contributed by atoms with E-state index in [1.165, 1.54) is 11.2 Å². The molecule has 3 rings (SSSR count). The number of sulfonamides is 1. The van der Waals surface area contributed by atoms with Crippen LogP contribution in [-0.2, 0) is 14.8 Å². The molecule has 1 aliphatic rings. The third kappa shape index (κ3) is 3.43. The Labute approximate surface area is 142 Å². The van der Waals surface area contributed by atoms with Crippen LogP contribution in [0, 0.1) is 6.92 Å². The highest BCUT2D eigenvalue weighted by molar-refractivity contribution is 7.92. The van der Waals surface area contributed by atoms with Crippen molar-refractivity contribution in [3.63, 3.8) is 0 Å². The zero-order valence-corrected chi connectivity index (χ0v) is 14.5. The summed E-state index contributed by atoms with van der Waals surface area (Å²) >= 11 is 0. The fourth-order valence-corrected chi connectivity index (χ4v) is 4.45. The number of hydrogen-bond donors (Lipinski definition) is 1. The molecule has 0 atom stereocenters. The maximum absolute atomic E-state index is 13.1. The molecule has 0 bridgehead atoms. The van der Waals surface area contributed by atoms with Gasteiger partial charge in [-0.2, -0.15) is 0 Å². The first kappa shape index (κ1) is 16.5. The third-order valence-electron chi connectivity index (χ3n) is 3.87. The Morgan fingerprint density at radius 1 is 1.12 bits per heavy atom. The summed E-state index contributed by atoms with van der Waals surface area (Å²) in [6.07, 6.45) is 1.72. The zero-order chi connectivity index (χ0) is 17.3. The lowest BCUT2D eigenvalue weighted by Gasteiger charge is -2.24. The van der Waals surface area contributed by atoms with Crippen LogP contribution >= 0.6 is 0 Å². The lowest BCUT2D eigenvalue weighted by Crippen LogP contribution is -2.33. The van der Waals surface area contributed by atoms with Crippen LogP contribution in [0.2, 0.25) is 0 Å². The van der Waals surface area contributed by atoms with Gasteiger partial charge in [-0.05, 0) is 61.7 Å². The summed E-state index contributed by atoms with van der Waals surface area (Å²) in [5.41, 5.74) is 2.18. The average molecular weight is 344 g/mol. The molecule has 24 heavy (non-hydrogen) atoms. The van der Waals surface area contributed by atoms with Crippen LogP contribution in [0.5, 0.6) is 0 Å². The fraction of sp³-hybridized carbons (Fsp3) is 0.278. The molecule has 126 valence electrons. The largest absolute Gasteiger partial charge is 0.326 e. The molecular weight excluding hydrogens is 324 g/mol. The molecule has 1 saturated carbocycles. The van der Waals surface area contributed by atoms with Crippen molar-refractivity contribution in [3.05, 3.63) is 54.1 Å². The van der Waals surface area contributed by atoms with Crippen molar-refractivity contribution in [2.75, 3.05) is 9.62 Å². The van der Waals surface area contributed by atoms with Crippen LogP contribution in [-0.4, -0.2) is 20.4 Å². The molecule has 0 aliphatic heterocycles. The van der Waals surface area contributed by atoms with E-state index < -0.39 is 10.0 Å². The Morgan fingerprint density at radius 2 is 1.79 bits per heavy atom. The monoisotopic (exact) mass is 344 g/mol. The van der Waals surface area contributed by atoms with Gasteiger partial charge in [-0.1, -0.05) is 12.1 Å². The summed E-state index contributed by atoms with van der Waals surface area (Å²) in [5, 5.41) is 2.69. The normalized spacial score (nSPS) is 14.2. The molecule has 1 aliphatic carbocycles. The van der Waals surface area contributed by atoms with Crippen molar-refractivity contribution in [2.45, 2.75) is 37.6 Å². The molecule has 1 N–H and O–H groups in total. The van der Waals surface area contributed by atoms with Crippen molar-refractivity contribution < 1.29 is 13.2 Å². The van der Waals surface area contributed by atoms with Gasteiger partial charge in [0.2, 0.25) is 5.91 Å². The predicted octanol–water partition coefficient (Wildman–Crippen LogP) is 3.31. The highest BCUT2D eigenvalue weighted by Gasteiger charge is 2.38. The number of nitrogens with one attached hydrogen (secondary N) is 1. The van der Waals surface area contributed by atoms with Gasteiger partial charge in [-0.15, -0.1) is 0 Å². The van der Waals surface area contributed by atoms with Crippen LogP contribution in [0.3, 0.4) is 0 Å². The summed E-state index contributed by atoms with van der Waals surface area (Å²) in [6.45, 7) is 3.31. The molecule has 0 aromatic heterocycles. The van der Waals surface area contributed by atoms with Gasteiger partial charge >= 0.3 is 0 Å². The minimum Gasteiger partial charge on any atom is -0.326 e. The standard InChI is InChI=1S/C18H20N2O3S/c1-13-4-3-5-18(12-13)24(22,23)20(17-10-11-17)16-8-6-15(7-9-16)19-14(2)21/h3-9,12,17H,10-11H2,1-2H3,(H,19,21). The average Bonchev–Trinajstić information content (AvgIpc) is 3.33. The molecule has 0 radical (unpaired) electrons. The van der Waals surface area contributed by atoms with Gasteiger partial charge in [0, 0.05) is 18.7 Å². The number of carbonyl (C=O) groups excluding carboxylic acids is 1. The first-order valence-corrected chi connectivity index (χ1v) is 9.31. The molecular formula is C18H20N2O3S. The molecule has 1 amide bonds. The lowest BCUT2D eigenvalue weighted by molar-refractivity contribution is -0.114. The maximum atomic E-state index is 13.1. The summed E-state index contributed by atoms with van der Waals surface area (Å²) in [4.78, 5) is 11.4. The number of anilines is 2. The van der Waals surface area contributed by atoms with Crippen LogP contribution in [0.4, 0.5) is 11.4 Å². The maximum Gasteiger partial charge on any atom is 0.264 e. The van der Waals surface area contributed by atoms with Gasteiger partial charge in [-0.3, -0.25) is 9.10 Å². The second kappa shape index (κ2) is 6.28. The van der Waals surface area contributed by atoms with E-state index in [4.69, 9.17) is 0 Å². The van der Waals surface area contributed by atoms with E-state index in [-0.39, 0.29) is 11.9 Å². The van der Waals surface area contributed by atoms with Crippen molar-refractivity contribution in [3.8, 4) is 0 Å². The van der Waals surface area contributed by atoms with E-state index in [2.05, 4.69) is 5.32 Å². The van der Waals surface area contributed by atoms with E-state index in [9.17, 15) is 13.2 Å². The first-order valence-electron chi connectivity index (χ1n) is 7.87. The first-order chi connectivity index (χ1) is 11.4. The van der Waals surface area contributed by atoms with Crippen LogP contribution in [0.1, 0.15) is 25.3 Å². The molecule has 2 aromatic rings. The number of carbonyl (C=O) groups is 1. The van der Waals surface area contributed by atoms with Gasteiger partial charge in [0.15, 0.2) is 0 Å². The molecule has 0 spiro atoms. The zero-order valence-electron chi connectivity index (χ0n) is 13.7. The summed E-state index contributed by atoms with van der Waals surface area (Å²) in [6, 6.07) is 13.9. The van der Waals surface area contributed by atoms with Gasteiger partial charge < -0.3 is 5.32 Å². The Bertz CT molecular complexity index is 856. The van der Waals surface area contributed by atoms with Crippen LogP contribution in [0.15, 0.2) is 53.4 Å². The Kier molecular flexibility index (Phi) is 4.32. The Hall–Kier alpha value is -2.34. The van der Waals surface area contributed by atoms with E-state index in [0.717, 1.165) is 18.4 Å². The molecule has 1 fully saturated rings. The number of nitrogens with zero attached hydrogens (tertiary/aromatic N) is 1. The van der Waals surface area contributed by atoms with Gasteiger partial charge in [0.1, 0.15) is 0 Å². The lowest BCUT2D eigenvalue weighted by atomic mass is 10.2. The topological polar surface area (TPSA) is 66.5 Å². The van der Waals surface area contributed by atoms with Crippen molar-refractivity contribution in [1.29, 1.82) is 0 Å². The van der Waals surface area contributed by atoms with Gasteiger partial charge in [0.05, 0.1) is 10.6 Å². The summed E-state index contributed by atoms with van der Waals surface area (Å²) in [5.74, 6) is -0.158. The number of amides is 1. The number of aryl methyl sites for hydroxylation is 1. The molecule has 5 nitrogen and oxygen atoms in total. The number of hydrogen-bond acceptors (Lipinski definition) is 3. The Balaban J connectivity index is 1.97. The molecule has 0 unspecified atom stereocenters. The number of benzene rings is 2. The van der Waals surface area contributed by atoms with Gasteiger partial charge in [0.25, 0.3) is 10.0 Å². The second-order valence-electron chi connectivity index (χ2n) is 6.08. The Morgan fingerprint density at radius 3 is 2.33 bits per heavy atom. The van der Waals surface area contributed by atoms with Crippen LogP contribution < -0.4 is 9.62 Å². The van der Waals surface area contributed by atoms with Crippen LogP contribution in [0.25, 0.3) is 0 Å². The molecule has 2 aromatic carbocycles. The van der Waals surface area contributed by atoms with Crippen molar-refractivity contribution >= 4 is 27.3 Å². The van der Waals surface area contributed by atoms with E-state index in [1.807, 2.05) is 13.0 Å². The predicted molar refractivity (Wildman–Crippen MR) is 94.6 cm³/mol. The van der Waals surface area contributed by atoms with Crippen molar-refractivity contribution in [2.24, 2.45) is 0 Å². The fourth-order valence-electron chi connectivity index (χ4n) is 2.64. The minimum absolute atomic E-state index is 0.00197. The van der Waals surface area contributed by atoms with E-state index >= 15 is 0 Å². The third-order valence-corrected chi connectivity index (χ3v) is 5.74. The molecule has 0 saturated heterocycles. The van der Waals surface area contributed by atoms with E-state index in [1.54, 1.807) is 42.5 Å². The van der Waals surface area contributed by atoms with Gasteiger partial charge in [-0.25, -0.2) is 8.42 Å². The SMILES string of the molecule is CC(=O)Nc1ccc(N(C2CC2)S(=O)(=O)c2cccc(C)c2)cc1. The minimum atomic E-state index is -3.60. The van der Waals surface area contributed by atoms with E-state index in [0.29, 0.717) is 16.3 Å². The number of rotatable bonds is 5. The summed E-state index contributed by atoms with van der Waals surface area (Å²) < 4.78 is 27.7.